The largest absolute Gasteiger partial charge is 0.324 e. The summed E-state index contributed by atoms with van der Waals surface area (Å²) in [6.45, 7) is 3.63. The van der Waals surface area contributed by atoms with Crippen LogP contribution in [-0.4, -0.2) is 29.0 Å². The first-order chi connectivity index (χ1) is 9.17. The molecule has 0 spiro atoms. The summed E-state index contributed by atoms with van der Waals surface area (Å²) in [6.07, 6.45) is 1.23. The van der Waals surface area contributed by atoms with Gasteiger partial charge in [-0.15, -0.1) is 11.6 Å². The third kappa shape index (κ3) is 2.67. The molecule has 0 aliphatic rings. The van der Waals surface area contributed by atoms with Crippen LogP contribution in [0.1, 0.15) is 19.7 Å². The van der Waals surface area contributed by atoms with Gasteiger partial charge in [-0.25, -0.2) is 13.4 Å². The Morgan fingerprint density at radius 3 is 2.55 bits per heavy atom. The number of imidazole rings is 1. The van der Waals surface area contributed by atoms with Crippen molar-refractivity contribution < 1.29 is 8.42 Å². The van der Waals surface area contributed by atoms with Crippen LogP contribution in [0.5, 0.6) is 0 Å². The number of hydrogen-bond donors (Lipinski definition) is 0. The van der Waals surface area contributed by atoms with Gasteiger partial charge < -0.3 is 4.57 Å². The van der Waals surface area contributed by atoms with Crippen molar-refractivity contribution in [3.8, 4) is 0 Å². The smallest absolute Gasteiger partial charge is 0.154 e. The molecule has 20 heavy (non-hydrogen) atoms. The molecule has 4 nitrogen and oxygen atoms in total. The molecule has 0 radical (unpaired) electrons. The van der Waals surface area contributed by atoms with Crippen LogP contribution in [0.4, 0.5) is 0 Å². The lowest BCUT2D eigenvalue weighted by molar-refractivity contribution is 0.503. The molecule has 110 valence electrons. The van der Waals surface area contributed by atoms with Gasteiger partial charge in [-0.1, -0.05) is 17.7 Å². The fraction of sp³-hybridized carbons (Fsp3) is 0.462. The van der Waals surface area contributed by atoms with Crippen LogP contribution in [0.15, 0.2) is 18.2 Å². The molecule has 0 fully saturated rings. The molecule has 2 rings (SSSR count). The lowest BCUT2D eigenvalue weighted by Gasteiger charge is -2.24. The number of hydrogen-bond acceptors (Lipinski definition) is 3. The van der Waals surface area contributed by atoms with E-state index in [4.69, 9.17) is 23.2 Å². The molecular formula is C13H16Cl2N2O2S. The van der Waals surface area contributed by atoms with Crippen molar-refractivity contribution in [2.75, 3.05) is 6.26 Å². The van der Waals surface area contributed by atoms with Gasteiger partial charge in [0, 0.05) is 12.8 Å². The van der Waals surface area contributed by atoms with Crippen molar-refractivity contribution in [2.24, 2.45) is 0 Å². The minimum atomic E-state index is -3.22. The molecule has 0 atom stereocenters. The number of fused-ring (bicyclic) bond motifs is 1. The van der Waals surface area contributed by atoms with E-state index >= 15 is 0 Å². The summed E-state index contributed by atoms with van der Waals surface area (Å²) in [5.41, 5.74) is 1.44. The lowest BCUT2D eigenvalue weighted by atomic mass is 10.2. The maximum atomic E-state index is 11.9. The number of aromatic nitrogens is 2. The van der Waals surface area contributed by atoms with Crippen LogP contribution < -0.4 is 0 Å². The molecule has 7 heteroatoms. The molecule has 0 bridgehead atoms. The summed E-state index contributed by atoms with van der Waals surface area (Å²) < 4.78 is 24.7. The standard InChI is InChI=1S/C13H16Cl2N2O2S/c1-13(2,20(3,18)19)8-17-11(7-14)16-10-6-4-5-9(15)12(10)17/h4-6H,7-8H2,1-3H3. The van der Waals surface area contributed by atoms with Crippen LogP contribution >= 0.6 is 23.2 Å². The van der Waals surface area contributed by atoms with Crippen molar-refractivity contribution in [3.63, 3.8) is 0 Å². The minimum absolute atomic E-state index is 0.199. The molecule has 0 amide bonds. The first-order valence-electron chi connectivity index (χ1n) is 6.06. The van der Waals surface area contributed by atoms with Crippen molar-refractivity contribution in [1.82, 2.24) is 9.55 Å². The normalized spacial score (nSPS) is 13.1. The predicted octanol–water partition coefficient (Wildman–Crippen LogP) is 3.25. The van der Waals surface area contributed by atoms with Gasteiger partial charge >= 0.3 is 0 Å². The summed E-state index contributed by atoms with van der Waals surface area (Å²) >= 11 is 12.1. The SMILES string of the molecule is CC(C)(Cn1c(CCl)nc2cccc(Cl)c21)S(C)(=O)=O. The predicted molar refractivity (Wildman–Crippen MR) is 83.2 cm³/mol. The summed E-state index contributed by atoms with van der Waals surface area (Å²) in [5.74, 6) is 0.816. The fourth-order valence-electron chi connectivity index (χ4n) is 1.96. The maximum absolute atomic E-state index is 11.9. The Bertz CT molecular complexity index is 751. The van der Waals surface area contributed by atoms with E-state index in [-0.39, 0.29) is 12.4 Å². The summed E-state index contributed by atoms with van der Waals surface area (Å²) in [4.78, 5) is 4.41. The highest BCUT2D eigenvalue weighted by Crippen LogP contribution is 2.28. The molecule has 0 unspecified atom stereocenters. The molecular weight excluding hydrogens is 319 g/mol. The molecule has 0 saturated heterocycles. The molecule has 1 aromatic carbocycles. The second kappa shape index (κ2) is 5.20. The van der Waals surface area contributed by atoms with E-state index in [9.17, 15) is 8.42 Å². The molecule has 0 aliphatic heterocycles. The highest BCUT2D eigenvalue weighted by molar-refractivity contribution is 7.92. The van der Waals surface area contributed by atoms with Crippen molar-refractivity contribution >= 4 is 44.1 Å². The summed E-state index contributed by atoms with van der Waals surface area (Å²) in [7, 11) is -3.22. The van der Waals surface area contributed by atoms with Gasteiger partial charge in [0.2, 0.25) is 0 Å². The topological polar surface area (TPSA) is 52.0 Å². The third-order valence-corrected chi connectivity index (χ3v) is 6.14. The van der Waals surface area contributed by atoms with Crippen LogP contribution in [0, 0.1) is 0 Å². The zero-order valence-electron chi connectivity index (χ0n) is 11.5. The molecule has 0 N–H and O–H groups in total. The summed E-state index contributed by atoms with van der Waals surface area (Å²) in [5, 5.41) is 0.538. The van der Waals surface area contributed by atoms with Crippen LogP contribution in [-0.2, 0) is 22.3 Å². The van der Waals surface area contributed by atoms with Gasteiger partial charge in [0.25, 0.3) is 0 Å². The number of benzene rings is 1. The van der Waals surface area contributed by atoms with Crippen molar-refractivity contribution in [1.29, 1.82) is 0 Å². The zero-order chi connectivity index (χ0) is 15.1. The van der Waals surface area contributed by atoms with Crippen molar-refractivity contribution in [2.45, 2.75) is 31.0 Å². The van der Waals surface area contributed by atoms with Crippen LogP contribution in [0.3, 0.4) is 0 Å². The fourth-order valence-corrected chi connectivity index (χ4v) is 2.80. The van der Waals surface area contributed by atoms with Gasteiger partial charge in [-0.3, -0.25) is 0 Å². The van der Waals surface area contributed by atoms with Crippen LogP contribution in [0.2, 0.25) is 5.02 Å². The number of nitrogens with zero attached hydrogens (tertiary/aromatic N) is 2. The average Bonchev–Trinajstić information content (AvgIpc) is 2.66. The van der Waals surface area contributed by atoms with E-state index in [0.717, 1.165) is 11.0 Å². The molecule has 2 aromatic rings. The van der Waals surface area contributed by atoms with Gasteiger partial charge in [0.15, 0.2) is 9.84 Å². The van der Waals surface area contributed by atoms with Crippen LogP contribution in [0.25, 0.3) is 11.0 Å². The van der Waals surface area contributed by atoms with Gasteiger partial charge in [-0.2, -0.15) is 0 Å². The van der Waals surface area contributed by atoms with Gasteiger partial charge in [0.05, 0.1) is 26.7 Å². The Labute approximate surface area is 128 Å². The Morgan fingerprint density at radius 1 is 1.35 bits per heavy atom. The molecule has 0 saturated carbocycles. The minimum Gasteiger partial charge on any atom is -0.324 e. The highest BCUT2D eigenvalue weighted by Gasteiger charge is 2.32. The van der Waals surface area contributed by atoms with E-state index in [1.165, 1.54) is 6.26 Å². The monoisotopic (exact) mass is 334 g/mol. The lowest BCUT2D eigenvalue weighted by Crippen LogP contribution is -2.36. The molecule has 1 aromatic heterocycles. The van der Waals surface area contributed by atoms with Gasteiger partial charge in [0.1, 0.15) is 5.82 Å². The Hall–Kier alpha value is -0.780. The summed E-state index contributed by atoms with van der Waals surface area (Å²) in [6, 6.07) is 5.40. The number of para-hydroxylation sites is 1. The second-order valence-corrected chi connectivity index (χ2v) is 8.71. The Balaban J connectivity index is 2.65. The number of halogens is 2. The maximum Gasteiger partial charge on any atom is 0.154 e. The second-order valence-electron chi connectivity index (χ2n) is 5.39. The van der Waals surface area contributed by atoms with Crippen molar-refractivity contribution in [3.05, 3.63) is 29.0 Å². The molecule has 0 aliphatic carbocycles. The van der Waals surface area contributed by atoms with Gasteiger partial charge in [-0.05, 0) is 26.0 Å². The third-order valence-electron chi connectivity index (χ3n) is 3.46. The number of alkyl halides is 1. The van der Waals surface area contributed by atoms with E-state index in [1.54, 1.807) is 24.5 Å². The number of rotatable bonds is 4. The van der Waals surface area contributed by atoms with E-state index in [1.807, 2.05) is 12.1 Å². The van der Waals surface area contributed by atoms with E-state index < -0.39 is 14.6 Å². The average molecular weight is 335 g/mol. The quantitative estimate of drug-likeness (QED) is 0.806. The Morgan fingerprint density at radius 2 is 2.00 bits per heavy atom. The zero-order valence-corrected chi connectivity index (χ0v) is 13.8. The Kier molecular flexibility index (Phi) is 4.06. The first kappa shape index (κ1) is 15.6. The van der Waals surface area contributed by atoms with E-state index in [0.29, 0.717) is 10.8 Å². The molecule has 1 heterocycles. The highest BCUT2D eigenvalue weighted by atomic mass is 35.5. The number of sulfone groups is 1. The van der Waals surface area contributed by atoms with E-state index in [2.05, 4.69) is 4.98 Å². The first-order valence-corrected chi connectivity index (χ1v) is 8.87.